The van der Waals surface area contributed by atoms with Crippen LogP contribution < -0.4 is 43.4 Å². The van der Waals surface area contributed by atoms with Crippen molar-refractivity contribution in [2.24, 2.45) is 17.4 Å². The van der Waals surface area contributed by atoms with E-state index in [2.05, 4.69) is 31.9 Å². The number of carboxylic acid groups (broad SMARTS) is 1. The van der Waals surface area contributed by atoms with Crippen molar-refractivity contribution in [2.75, 3.05) is 32.7 Å². The van der Waals surface area contributed by atoms with Crippen LogP contribution in [0.1, 0.15) is 65.7 Å². The van der Waals surface area contributed by atoms with Gasteiger partial charge in [-0.05, 0) is 57.4 Å². The van der Waals surface area contributed by atoms with Crippen LogP contribution in [0.25, 0.3) is 0 Å². The lowest BCUT2D eigenvalue weighted by Crippen LogP contribution is -2.54. The van der Waals surface area contributed by atoms with Gasteiger partial charge < -0.3 is 48.5 Å². The first-order chi connectivity index (χ1) is 19.8. The van der Waals surface area contributed by atoms with Crippen LogP contribution in [0.5, 0.6) is 0 Å². The Morgan fingerprint density at radius 2 is 1.17 bits per heavy atom. The Kier molecular flexibility index (Phi) is 19.9. The summed E-state index contributed by atoms with van der Waals surface area (Å²) >= 11 is 0. The molecule has 0 saturated carbocycles. The Bertz CT molecular complexity index is 915. The fourth-order valence-corrected chi connectivity index (χ4v) is 3.78. The van der Waals surface area contributed by atoms with Gasteiger partial charge in [0.1, 0.15) is 18.1 Å². The average molecular weight is 601 g/mol. The number of hydrogen-bond acceptors (Lipinski definition) is 9. The number of nitrogens with two attached hydrogens (primary N) is 2. The Hall–Kier alpha value is -3.79. The van der Waals surface area contributed by atoms with E-state index in [4.69, 9.17) is 11.5 Å². The molecule has 16 nitrogen and oxygen atoms in total. The number of carboxylic acids is 1. The van der Waals surface area contributed by atoms with E-state index in [0.29, 0.717) is 45.2 Å². The quantitative estimate of drug-likeness (QED) is 0.0576. The Labute approximate surface area is 246 Å². The molecule has 0 bridgehead atoms. The molecule has 6 amide bonds. The largest absolute Gasteiger partial charge is 0.480 e. The standard InChI is InChI=1S/C26H48N8O8/c1-16(2)12-20(34-23(38)15-30-24(39)18(8-4-6-10-27)32-21(36)13-28)25(40)31-14-22(37)33-19(26(41)42)9-5-7-11-29-17(3)35/h16,18-20H,4-15,27-28H2,1-3H3,(H,29,35)(H,30,39)(H,31,40)(H,32,36)(H,33,37)(H,34,38)(H,41,42)/t18-,19-,20-/m0/s1. The summed E-state index contributed by atoms with van der Waals surface area (Å²) in [7, 11) is 0. The van der Waals surface area contributed by atoms with Crippen molar-refractivity contribution in [2.45, 2.75) is 83.8 Å². The lowest BCUT2D eigenvalue weighted by atomic mass is 10.0. The van der Waals surface area contributed by atoms with Gasteiger partial charge in [-0.2, -0.15) is 0 Å². The minimum Gasteiger partial charge on any atom is -0.480 e. The third-order valence-electron chi connectivity index (χ3n) is 5.92. The summed E-state index contributed by atoms with van der Waals surface area (Å²) in [6.07, 6.45) is 2.85. The zero-order valence-corrected chi connectivity index (χ0v) is 24.8. The first-order valence-corrected chi connectivity index (χ1v) is 14.1. The van der Waals surface area contributed by atoms with Crippen LogP contribution in [-0.4, -0.2) is 97.4 Å². The maximum atomic E-state index is 12.8. The van der Waals surface area contributed by atoms with E-state index in [0.717, 1.165) is 0 Å². The molecule has 11 N–H and O–H groups in total. The highest BCUT2D eigenvalue weighted by molar-refractivity contribution is 5.94. The number of carbonyl (C=O) groups is 7. The summed E-state index contributed by atoms with van der Waals surface area (Å²) in [5.74, 6) is -4.60. The highest BCUT2D eigenvalue weighted by atomic mass is 16.4. The molecule has 0 aromatic carbocycles. The van der Waals surface area contributed by atoms with Gasteiger partial charge in [-0.15, -0.1) is 0 Å². The predicted octanol–water partition coefficient (Wildman–Crippen LogP) is -2.80. The van der Waals surface area contributed by atoms with Crippen LogP contribution in [0.15, 0.2) is 0 Å². The molecule has 0 aromatic heterocycles. The fraction of sp³-hybridized carbons (Fsp3) is 0.731. The second-order valence-electron chi connectivity index (χ2n) is 10.2. The van der Waals surface area contributed by atoms with Crippen molar-refractivity contribution >= 4 is 41.4 Å². The molecule has 0 radical (unpaired) electrons. The Morgan fingerprint density at radius 3 is 1.67 bits per heavy atom. The molecule has 16 heteroatoms. The van der Waals surface area contributed by atoms with Crippen molar-refractivity contribution in [3.63, 3.8) is 0 Å². The maximum Gasteiger partial charge on any atom is 0.326 e. The number of aliphatic carboxylic acids is 1. The van der Waals surface area contributed by atoms with Crippen LogP contribution in [0.3, 0.4) is 0 Å². The number of hydrogen-bond donors (Lipinski definition) is 9. The molecule has 0 aliphatic carbocycles. The number of nitrogens with one attached hydrogen (secondary N) is 6. The SMILES string of the molecule is CC(=O)NCCCC[C@H](NC(=O)CNC(=O)[C@H](CC(C)C)NC(=O)CNC(=O)[C@H](CCCCN)NC(=O)CN)C(=O)O. The molecule has 42 heavy (non-hydrogen) atoms. The van der Waals surface area contributed by atoms with E-state index in [1.54, 1.807) is 0 Å². The normalized spacial score (nSPS) is 12.8. The number of carbonyl (C=O) groups excluding carboxylic acids is 6. The summed E-state index contributed by atoms with van der Waals surface area (Å²) in [5, 5.41) is 24.2. The molecule has 3 atom stereocenters. The molecule has 0 heterocycles. The van der Waals surface area contributed by atoms with Gasteiger partial charge in [-0.25, -0.2) is 4.79 Å². The molecule has 0 saturated heterocycles. The molecule has 0 aromatic rings. The maximum absolute atomic E-state index is 12.8. The molecule has 0 unspecified atom stereocenters. The summed E-state index contributed by atoms with van der Waals surface area (Å²) < 4.78 is 0. The van der Waals surface area contributed by atoms with Crippen molar-refractivity contribution < 1.29 is 38.7 Å². The summed E-state index contributed by atoms with van der Waals surface area (Å²) in [6.45, 7) is 4.56. The van der Waals surface area contributed by atoms with Gasteiger partial charge in [0.2, 0.25) is 35.4 Å². The molecule has 0 aliphatic heterocycles. The van der Waals surface area contributed by atoms with Gasteiger partial charge in [0, 0.05) is 13.5 Å². The van der Waals surface area contributed by atoms with Crippen LogP contribution >= 0.6 is 0 Å². The van der Waals surface area contributed by atoms with Crippen molar-refractivity contribution in [3.05, 3.63) is 0 Å². The molecule has 0 fully saturated rings. The van der Waals surface area contributed by atoms with E-state index in [9.17, 15) is 38.7 Å². The van der Waals surface area contributed by atoms with E-state index in [1.807, 2.05) is 13.8 Å². The Morgan fingerprint density at radius 1 is 0.667 bits per heavy atom. The molecular weight excluding hydrogens is 552 g/mol. The number of amides is 6. The number of rotatable bonds is 22. The molecule has 0 aliphatic rings. The summed E-state index contributed by atoms with van der Waals surface area (Å²) in [6, 6.07) is -3.10. The first-order valence-electron chi connectivity index (χ1n) is 14.1. The molecule has 240 valence electrons. The zero-order valence-electron chi connectivity index (χ0n) is 24.8. The lowest BCUT2D eigenvalue weighted by molar-refractivity contribution is -0.142. The van der Waals surface area contributed by atoms with Crippen molar-refractivity contribution in [1.82, 2.24) is 31.9 Å². The minimum atomic E-state index is -1.23. The van der Waals surface area contributed by atoms with E-state index < -0.39 is 66.7 Å². The van der Waals surface area contributed by atoms with Crippen LogP contribution in [0.4, 0.5) is 0 Å². The lowest BCUT2D eigenvalue weighted by Gasteiger charge is -2.21. The van der Waals surface area contributed by atoms with Gasteiger partial charge in [0.05, 0.1) is 19.6 Å². The van der Waals surface area contributed by atoms with Gasteiger partial charge >= 0.3 is 5.97 Å². The van der Waals surface area contributed by atoms with Crippen molar-refractivity contribution in [3.8, 4) is 0 Å². The van der Waals surface area contributed by atoms with Crippen molar-refractivity contribution in [1.29, 1.82) is 0 Å². The van der Waals surface area contributed by atoms with Gasteiger partial charge in [0.25, 0.3) is 0 Å². The second kappa shape index (κ2) is 21.9. The van der Waals surface area contributed by atoms with Gasteiger partial charge in [-0.1, -0.05) is 13.8 Å². The smallest absolute Gasteiger partial charge is 0.326 e. The molecule has 0 spiro atoms. The van der Waals surface area contributed by atoms with Gasteiger partial charge in [0.15, 0.2) is 0 Å². The predicted molar refractivity (Wildman–Crippen MR) is 153 cm³/mol. The molecule has 0 rings (SSSR count). The summed E-state index contributed by atoms with van der Waals surface area (Å²) in [5.41, 5.74) is 10.8. The van der Waals surface area contributed by atoms with Crippen LogP contribution in [0, 0.1) is 5.92 Å². The van der Waals surface area contributed by atoms with Crippen LogP contribution in [0.2, 0.25) is 0 Å². The number of unbranched alkanes of at least 4 members (excludes halogenated alkanes) is 2. The van der Waals surface area contributed by atoms with Gasteiger partial charge in [-0.3, -0.25) is 28.8 Å². The minimum absolute atomic E-state index is 0.0169. The summed E-state index contributed by atoms with van der Waals surface area (Å²) in [4.78, 5) is 84.3. The first kappa shape index (κ1) is 38.2. The zero-order chi connectivity index (χ0) is 32.1. The van der Waals surface area contributed by atoms with Crippen LogP contribution in [-0.2, 0) is 33.6 Å². The highest BCUT2D eigenvalue weighted by Gasteiger charge is 2.25. The third kappa shape index (κ3) is 18.5. The topological polar surface area (TPSA) is 264 Å². The fourth-order valence-electron chi connectivity index (χ4n) is 3.78. The monoisotopic (exact) mass is 600 g/mol. The van der Waals surface area contributed by atoms with E-state index in [-0.39, 0.29) is 31.2 Å². The molecular formula is C26H48N8O8. The third-order valence-corrected chi connectivity index (χ3v) is 5.92. The van der Waals surface area contributed by atoms with E-state index >= 15 is 0 Å². The van der Waals surface area contributed by atoms with E-state index in [1.165, 1.54) is 6.92 Å². The second-order valence-corrected chi connectivity index (χ2v) is 10.2. The highest BCUT2D eigenvalue weighted by Crippen LogP contribution is 2.06. The Balaban J connectivity index is 4.92. The average Bonchev–Trinajstić information content (AvgIpc) is 2.92.